The summed E-state index contributed by atoms with van der Waals surface area (Å²) in [4.78, 5) is 14.2. The smallest absolute Gasteiger partial charge is 0.228 e. The maximum absolute atomic E-state index is 12.2. The third-order valence-electron chi connectivity index (χ3n) is 4.04. The summed E-state index contributed by atoms with van der Waals surface area (Å²) in [6.07, 6.45) is 5.40. The molecule has 0 bridgehead atoms. The highest BCUT2D eigenvalue weighted by Crippen LogP contribution is 2.42. The third kappa shape index (κ3) is 2.03. The van der Waals surface area contributed by atoms with Gasteiger partial charge in [-0.3, -0.25) is 4.79 Å². The zero-order valence-electron chi connectivity index (χ0n) is 9.54. The summed E-state index contributed by atoms with van der Waals surface area (Å²) in [5.41, 5.74) is -0.0721. The second-order valence-corrected chi connectivity index (χ2v) is 5.36. The van der Waals surface area contributed by atoms with E-state index in [1.54, 1.807) is 0 Å². The van der Waals surface area contributed by atoms with Crippen molar-refractivity contribution >= 4 is 5.91 Å². The van der Waals surface area contributed by atoms with Crippen molar-refractivity contribution in [2.24, 2.45) is 11.3 Å². The average molecular weight is 211 g/mol. The van der Waals surface area contributed by atoms with Gasteiger partial charge in [0.25, 0.3) is 0 Å². The van der Waals surface area contributed by atoms with Crippen LogP contribution >= 0.6 is 0 Å². The van der Waals surface area contributed by atoms with Crippen molar-refractivity contribution in [2.75, 3.05) is 19.7 Å². The Balaban J connectivity index is 1.95. The SMILES string of the molecule is CC1(C(=O)N2CCCC(CO)C2)CCC1. The van der Waals surface area contributed by atoms with Gasteiger partial charge in [0.15, 0.2) is 0 Å². The van der Waals surface area contributed by atoms with Crippen molar-refractivity contribution < 1.29 is 9.90 Å². The number of piperidine rings is 1. The summed E-state index contributed by atoms with van der Waals surface area (Å²) in [5, 5.41) is 9.13. The molecule has 0 aromatic carbocycles. The number of aliphatic hydroxyl groups excluding tert-OH is 1. The monoisotopic (exact) mass is 211 g/mol. The molecule has 86 valence electrons. The van der Waals surface area contributed by atoms with Crippen LogP contribution < -0.4 is 0 Å². The first-order valence-corrected chi connectivity index (χ1v) is 6.06. The van der Waals surface area contributed by atoms with E-state index in [0.717, 1.165) is 38.8 Å². The summed E-state index contributed by atoms with van der Waals surface area (Å²) in [5.74, 6) is 0.637. The molecular formula is C12H21NO2. The average Bonchev–Trinajstić information content (AvgIpc) is 2.25. The number of likely N-dealkylation sites (tertiary alicyclic amines) is 1. The Morgan fingerprint density at radius 1 is 1.47 bits per heavy atom. The van der Waals surface area contributed by atoms with Crippen LogP contribution in [0.4, 0.5) is 0 Å². The number of carbonyl (C=O) groups is 1. The van der Waals surface area contributed by atoms with Crippen molar-refractivity contribution in [1.29, 1.82) is 0 Å². The van der Waals surface area contributed by atoms with Crippen molar-refractivity contribution in [3.05, 3.63) is 0 Å². The standard InChI is InChI=1S/C12H21NO2/c1-12(5-3-6-12)11(15)13-7-2-4-10(8-13)9-14/h10,14H,2-9H2,1H3. The molecule has 3 heteroatoms. The molecule has 0 radical (unpaired) electrons. The predicted octanol–water partition coefficient (Wildman–Crippen LogP) is 1.41. The molecule has 1 unspecified atom stereocenters. The highest BCUT2D eigenvalue weighted by Gasteiger charge is 2.42. The third-order valence-corrected chi connectivity index (χ3v) is 4.04. The number of carbonyl (C=O) groups excluding carboxylic acids is 1. The van der Waals surface area contributed by atoms with Gasteiger partial charge in [-0.1, -0.05) is 13.3 Å². The van der Waals surface area contributed by atoms with Crippen LogP contribution in [0.15, 0.2) is 0 Å². The lowest BCUT2D eigenvalue weighted by Crippen LogP contribution is -2.50. The number of nitrogens with zero attached hydrogens (tertiary/aromatic N) is 1. The Labute approximate surface area is 91.5 Å². The summed E-state index contributed by atoms with van der Waals surface area (Å²) < 4.78 is 0. The number of aliphatic hydroxyl groups is 1. The lowest BCUT2D eigenvalue weighted by Gasteiger charge is -2.43. The highest BCUT2D eigenvalue weighted by molar-refractivity contribution is 5.83. The normalized spacial score (nSPS) is 29.7. The number of rotatable bonds is 2. The van der Waals surface area contributed by atoms with E-state index in [1.807, 2.05) is 4.90 Å². The van der Waals surface area contributed by atoms with Crippen LogP contribution in [0.1, 0.15) is 39.0 Å². The Morgan fingerprint density at radius 3 is 2.73 bits per heavy atom. The molecule has 2 fully saturated rings. The molecule has 2 rings (SSSR count). The molecule has 1 heterocycles. The lowest BCUT2D eigenvalue weighted by atomic mass is 9.69. The number of amides is 1. The van der Waals surface area contributed by atoms with Gasteiger partial charge >= 0.3 is 0 Å². The zero-order valence-corrected chi connectivity index (χ0v) is 9.54. The molecule has 0 aromatic heterocycles. The van der Waals surface area contributed by atoms with E-state index in [0.29, 0.717) is 11.8 Å². The van der Waals surface area contributed by atoms with Gasteiger partial charge in [0.2, 0.25) is 5.91 Å². The Kier molecular flexibility index (Phi) is 3.01. The molecule has 1 aliphatic carbocycles. The second-order valence-electron chi connectivity index (χ2n) is 5.36. The molecule has 1 saturated heterocycles. The topological polar surface area (TPSA) is 40.5 Å². The molecule has 1 atom stereocenters. The molecule has 1 N–H and O–H groups in total. The fourth-order valence-corrected chi connectivity index (χ4v) is 2.70. The van der Waals surface area contributed by atoms with Crippen LogP contribution in [0.25, 0.3) is 0 Å². The number of hydrogen-bond donors (Lipinski definition) is 1. The number of hydrogen-bond acceptors (Lipinski definition) is 2. The van der Waals surface area contributed by atoms with Gasteiger partial charge in [0, 0.05) is 25.1 Å². The van der Waals surface area contributed by atoms with E-state index in [2.05, 4.69) is 6.92 Å². The van der Waals surface area contributed by atoms with Crippen LogP contribution in [-0.4, -0.2) is 35.6 Å². The first kappa shape index (κ1) is 10.9. The van der Waals surface area contributed by atoms with E-state index in [-0.39, 0.29) is 12.0 Å². The molecule has 1 saturated carbocycles. The van der Waals surface area contributed by atoms with E-state index in [4.69, 9.17) is 5.11 Å². The van der Waals surface area contributed by atoms with Crippen molar-refractivity contribution in [1.82, 2.24) is 4.90 Å². The van der Waals surface area contributed by atoms with E-state index >= 15 is 0 Å². The highest BCUT2D eigenvalue weighted by atomic mass is 16.3. The fourth-order valence-electron chi connectivity index (χ4n) is 2.70. The first-order valence-electron chi connectivity index (χ1n) is 6.06. The second kappa shape index (κ2) is 4.12. The minimum atomic E-state index is -0.0721. The van der Waals surface area contributed by atoms with Crippen LogP contribution in [-0.2, 0) is 4.79 Å². The quantitative estimate of drug-likeness (QED) is 0.750. The van der Waals surface area contributed by atoms with Crippen LogP contribution in [0, 0.1) is 11.3 Å². The minimum Gasteiger partial charge on any atom is -0.396 e. The van der Waals surface area contributed by atoms with Gasteiger partial charge in [-0.05, 0) is 31.6 Å². The van der Waals surface area contributed by atoms with Gasteiger partial charge < -0.3 is 10.0 Å². The van der Waals surface area contributed by atoms with Crippen LogP contribution in [0.2, 0.25) is 0 Å². The molecule has 3 nitrogen and oxygen atoms in total. The van der Waals surface area contributed by atoms with Crippen molar-refractivity contribution in [2.45, 2.75) is 39.0 Å². The molecule has 2 aliphatic rings. The summed E-state index contributed by atoms with van der Waals surface area (Å²) in [7, 11) is 0. The van der Waals surface area contributed by atoms with Gasteiger partial charge in [-0.25, -0.2) is 0 Å². The molecule has 0 aromatic rings. The molecule has 1 amide bonds. The maximum Gasteiger partial charge on any atom is 0.228 e. The maximum atomic E-state index is 12.2. The van der Waals surface area contributed by atoms with Gasteiger partial charge in [-0.15, -0.1) is 0 Å². The molecule has 1 aliphatic heterocycles. The van der Waals surface area contributed by atoms with Crippen LogP contribution in [0.5, 0.6) is 0 Å². The minimum absolute atomic E-state index is 0.0721. The predicted molar refractivity (Wildman–Crippen MR) is 58.3 cm³/mol. The lowest BCUT2D eigenvalue weighted by molar-refractivity contribution is -0.148. The summed E-state index contributed by atoms with van der Waals surface area (Å²) >= 11 is 0. The first-order chi connectivity index (χ1) is 7.15. The van der Waals surface area contributed by atoms with Gasteiger partial charge in [0.1, 0.15) is 0 Å². The Hall–Kier alpha value is -0.570. The Bertz CT molecular complexity index is 248. The molecule has 15 heavy (non-hydrogen) atoms. The van der Waals surface area contributed by atoms with Crippen molar-refractivity contribution in [3.8, 4) is 0 Å². The zero-order chi connectivity index (χ0) is 10.9. The Morgan fingerprint density at radius 2 is 2.20 bits per heavy atom. The summed E-state index contributed by atoms with van der Waals surface area (Å²) in [6.45, 7) is 3.97. The van der Waals surface area contributed by atoms with Crippen LogP contribution in [0.3, 0.4) is 0 Å². The molecule has 0 spiro atoms. The largest absolute Gasteiger partial charge is 0.396 e. The van der Waals surface area contributed by atoms with E-state index in [1.165, 1.54) is 6.42 Å². The van der Waals surface area contributed by atoms with E-state index < -0.39 is 0 Å². The van der Waals surface area contributed by atoms with Gasteiger partial charge in [0.05, 0.1) is 0 Å². The molecular weight excluding hydrogens is 190 g/mol. The fraction of sp³-hybridized carbons (Fsp3) is 0.917. The summed E-state index contributed by atoms with van der Waals surface area (Å²) in [6, 6.07) is 0. The van der Waals surface area contributed by atoms with Crippen molar-refractivity contribution in [3.63, 3.8) is 0 Å². The van der Waals surface area contributed by atoms with Gasteiger partial charge in [-0.2, -0.15) is 0 Å². The van der Waals surface area contributed by atoms with E-state index in [9.17, 15) is 4.79 Å².